The molecule has 3 aromatic rings. The number of nitrogens with zero attached hydrogens (tertiary/aromatic N) is 1. The maximum Gasteiger partial charge on any atom is 0.262 e. The molecule has 0 aliphatic rings. The molecule has 0 atom stereocenters. The topological polar surface area (TPSA) is 62.5 Å². The van der Waals surface area contributed by atoms with Crippen molar-refractivity contribution in [3.8, 4) is 11.5 Å². The molecular formula is C15H11NO3. The summed E-state index contributed by atoms with van der Waals surface area (Å²) in [7, 11) is 0. The van der Waals surface area contributed by atoms with Gasteiger partial charge in [-0.25, -0.2) is 0 Å². The number of rotatable bonds is 1. The molecule has 19 heavy (non-hydrogen) atoms. The second-order valence-corrected chi connectivity index (χ2v) is 4.25. The number of fused-ring (bicyclic) bond motifs is 1. The van der Waals surface area contributed by atoms with Gasteiger partial charge in [0.2, 0.25) is 0 Å². The first kappa shape index (κ1) is 11.3. The van der Waals surface area contributed by atoms with Crippen molar-refractivity contribution in [2.75, 3.05) is 0 Å². The predicted molar refractivity (Wildman–Crippen MR) is 71.4 cm³/mol. The second kappa shape index (κ2) is 4.17. The van der Waals surface area contributed by atoms with E-state index in [4.69, 9.17) is 0 Å². The highest BCUT2D eigenvalue weighted by Crippen LogP contribution is 2.25. The van der Waals surface area contributed by atoms with Crippen molar-refractivity contribution < 1.29 is 15.0 Å². The Morgan fingerprint density at radius 1 is 0.947 bits per heavy atom. The van der Waals surface area contributed by atoms with Gasteiger partial charge in [0.1, 0.15) is 11.5 Å². The summed E-state index contributed by atoms with van der Waals surface area (Å²) in [5, 5.41) is 19.6. The summed E-state index contributed by atoms with van der Waals surface area (Å²) in [6, 6.07) is 12.8. The van der Waals surface area contributed by atoms with Crippen LogP contribution in [0, 0.1) is 0 Å². The van der Waals surface area contributed by atoms with Gasteiger partial charge in [0.05, 0.1) is 5.52 Å². The van der Waals surface area contributed by atoms with Crippen molar-refractivity contribution in [2.45, 2.75) is 0 Å². The summed E-state index contributed by atoms with van der Waals surface area (Å²) in [4.78, 5) is 12.3. The zero-order valence-corrected chi connectivity index (χ0v) is 9.95. The Bertz CT molecular complexity index is 757. The minimum atomic E-state index is -0.208. The number of aromatic hydroxyl groups is 2. The molecule has 0 saturated heterocycles. The van der Waals surface area contributed by atoms with Gasteiger partial charge in [-0.2, -0.15) is 0 Å². The number of phenolic OH excluding ortho intramolecular Hbond substituents is 2. The average molecular weight is 253 g/mol. The summed E-state index contributed by atoms with van der Waals surface area (Å²) in [5.74, 6) is 0.0573. The fraction of sp³-hybridized carbons (Fsp3) is 0. The Kier molecular flexibility index (Phi) is 2.49. The van der Waals surface area contributed by atoms with Gasteiger partial charge in [0.25, 0.3) is 5.91 Å². The van der Waals surface area contributed by atoms with E-state index in [1.165, 1.54) is 16.7 Å². The lowest BCUT2D eigenvalue weighted by atomic mass is 10.2. The first-order valence-corrected chi connectivity index (χ1v) is 5.79. The van der Waals surface area contributed by atoms with Crippen LogP contribution in [0.2, 0.25) is 0 Å². The molecule has 94 valence electrons. The highest BCUT2D eigenvalue weighted by molar-refractivity contribution is 6.03. The monoisotopic (exact) mass is 253 g/mol. The van der Waals surface area contributed by atoms with Crippen molar-refractivity contribution in [1.82, 2.24) is 4.57 Å². The summed E-state index contributed by atoms with van der Waals surface area (Å²) < 4.78 is 1.47. The molecule has 0 unspecified atom stereocenters. The van der Waals surface area contributed by atoms with Crippen molar-refractivity contribution in [1.29, 1.82) is 0 Å². The van der Waals surface area contributed by atoms with E-state index in [0.29, 0.717) is 16.5 Å². The standard InChI is InChI=1S/C15H11NO3/c17-11-6-4-10(5-7-11)15(19)16-9-8-12-13(16)2-1-3-14(12)18/h1-9,17-18H. The molecule has 1 heterocycles. The maximum atomic E-state index is 12.3. The lowest BCUT2D eigenvalue weighted by Gasteiger charge is -2.04. The fourth-order valence-electron chi connectivity index (χ4n) is 2.07. The number of aromatic nitrogens is 1. The molecule has 0 radical (unpaired) electrons. The Hall–Kier alpha value is -2.75. The van der Waals surface area contributed by atoms with E-state index in [9.17, 15) is 15.0 Å². The number of carbonyl (C=O) groups excluding carboxylic acids is 1. The van der Waals surface area contributed by atoms with Crippen LogP contribution in [0.4, 0.5) is 0 Å². The number of phenols is 2. The van der Waals surface area contributed by atoms with E-state index < -0.39 is 0 Å². The minimum absolute atomic E-state index is 0.117. The van der Waals surface area contributed by atoms with Gasteiger partial charge in [0, 0.05) is 17.1 Å². The smallest absolute Gasteiger partial charge is 0.262 e. The Morgan fingerprint density at radius 3 is 2.42 bits per heavy atom. The van der Waals surface area contributed by atoms with Crippen LogP contribution in [-0.2, 0) is 0 Å². The van der Waals surface area contributed by atoms with Gasteiger partial charge >= 0.3 is 0 Å². The average Bonchev–Trinajstić information content (AvgIpc) is 2.84. The zero-order valence-electron chi connectivity index (χ0n) is 9.95. The van der Waals surface area contributed by atoms with Crippen LogP contribution >= 0.6 is 0 Å². The van der Waals surface area contributed by atoms with Crippen LogP contribution in [0.15, 0.2) is 54.7 Å². The molecule has 0 amide bonds. The zero-order chi connectivity index (χ0) is 13.4. The number of benzene rings is 2. The third-order valence-corrected chi connectivity index (χ3v) is 3.04. The van der Waals surface area contributed by atoms with Crippen molar-refractivity contribution in [3.05, 3.63) is 60.3 Å². The quantitative estimate of drug-likeness (QED) is 0.701. The van der Waals surface area contributed by atoms with Crippen molar-refractivity contribution in [2.24, 2.45) is 0 Å². The van der Waals surface area contributed by atoms with E-state index in [-0.39, 0.29) is 17.4 Å². The Morgan fingerprint density at radius 2 is 1.68 bits per heavy atom. The van der Waals surface area contributed by atoms with Crippen LogP contribution in [-0.4, -0.2) is 20.7 Å². The summed E-state index contributed by atoms with van der Waals surface area (Å²) in [5.41, 5.74) is 1.12. The van der Waals surface area contributed by atoms with E-state index in [1.54, 1.807) is 42.6 Å². The summed E-state index contributed by atoms with van der Waals surface area (Å²) >= 11 is 0. The summed E-state index contributed by atoms with van der Waals surface area (Å²) in [6.07, 6.45) is 1.62. The van der Waals surface area contributed by atoms with E-state index in [2.05, 4.69) is 0 Å². The third kappa shape index (κ3) is 1.83. The van der Waals surface area contributed by atoms with E-state index in [0.717, 1.165) is 0 Å². The van der Waals surface area contributed by atoms with E-state index in [1.807, 2.05) is 0 Å². The normalized spacial score (nSPS) is 10.7. The number of carbonyl (C=O) groups is 1. The number of hydrogen-bond acceptors (Lipinski definition) is 3. The largest absolute Gasteiger partial charge is 0.508 e. The van der Waals surface area contributed by atoms with Gasteiger partial charge in [0.15, 0.2) is 0 Å². The van der Waals surface area contributed by atoms with Gasteiger partial charge in [-0.1, -0.05) is 6.07 Å². The molecule has 0 aliphatic heterocycles. The molecule has 3 rings (SSSR count). The van der Waals surface area contributed by atoms with Crippen LogP contribution in [0.3, 0.4) is 0 Å². The van der Waals surface area contributed by atoms with Gasteiger partial charge in [-0.15, -0.1) is 0 Å². The molecule has 2 N–H and O–H groups in total. The van der Waals surface area contributed by atoms with Gasteiger partial charge < -0.3 is 10.2 Å². The highest BCUT2D eigenvalue weighted by Gasteiger charge is 2.12. The van der Waals surface area contributed by atoms with Crippen molar-refractivity contribution in [3.63, 3.8) is 0 Å². The van der Waals surface area contributed by atoms with Crippen LogP contribution in [0.25, 0.3) is 10.9 Å². The van der Waals surface area contributed by atoms with Crippen LogP contribution in [0.1, 0.15) is 10.4 Å². The lowest BCUT2D eigenvalue weighted by molar-refractivity contribution is 0.0965. The minimum Gasteiger partial charge on any atom is -0.508 e. The highest BCUT2D eigenvalue weighted by atomic mass is 16.3. The molecule has 0 bridgehead atoms. The number of hydrogen-bond donors (Lipinski definition) is 2. The molecule has 1 aromatic heterocycles. The first-order chi connectivity index (χ1) is 9.16. The molecule has 4 heteroatoms. The molecule has 4 nitrogen and oxygen atoms in total. The SMILES string of the molecule is O=C(c1ccc(O)cc1)n1ccc2c(O)cccc21. The van der Waals surface area contributed by atoms with Gasteiger partial charge in [-0.3, -0.25) is 9.36 Å². The lowest BCUT2D eigenvalue weighted by Crippen LogP contribution is -2.10. The Labute approximate surface area is 109 Å². The van der Waals surface area contributed by atoms with Crippen LogP contribution in [0.5, 0.6) is 11.5 Å². The third-order valence-electron chi connectivity index (χ3n) is 3.04. The molecule has 0 spiro atoms. The molecule has 2 aromatic carbocycles. The van der Waals surface area contributed by atoms with Gasteiger partial charge in [-0.05, 0) is 42.5 Å². The molecule has 0 aliphatic carbocycles. The second-order valence-electron chi connectivity index (χ2n) is 4.25. The predicted octanol–water partition coefficient (Wildman–Crippen LogP) is 2.74. The summed E-state index contributed by atoms with van der Waals surface area (Å²) in [6.45, 7) is 0. The fourth-order valence-corrected chi connectivity index (χ4v) is 2.07. The first-order valence-electron chi connectivity index (χ1n) is 5.79. The maximum absolute atomic E-state index is 12.3. The van der Waals surface area contributed by atoms with Crippen molar-refractivity contribution >= 4 is 16.8 Å². The van der Waals surface area contributed by atoms with E-state index >= 15 is 0 Å². The Balaban J connectivity index is 2.12. The molecule has 0 saturated carbocycles. The molecule has 0 fully saturated rings. The van der Waals surface area contributed by atoms with Crippen LogP contribution < -0.4 is 0 Å². The molecular weight excluding hydrogens is 242 g/mol.